The number of hydrogen-bond donors (Lipinski definition) is 1. The molecule has 0 unspecified atom stereocenters. The van der Waals surface area contributed by atoms with Crippen LogP contribution in [0.1, 0.15) is 21.8 Å². The normalized spacial score (nSPS) is 11.0. The maximum absolute atomic E-state index is 12.9. The SMILES string of the molecule is Cc1onc(-c2ccccc2Cl)c1C(=O)NCc1cc(-c2cccs2)nn1C. The zero-order chi connectivity index (χ0) is 19.7. The fraction of sp³-hybridized carbons (Fsp3) is 0.150. The standard InChI is InChI=1S/C20H17ClN4O2S/c1-12-18(19(24-27-12)14-6-3-4-7-15(14)21)20(26)22-11-13-10-16(23-25(13)2)17-8-5-9-28-17/h3-10H,11H2,1-2H3,(H,22,26). The van der Waals surface area contributed by atoms with Gasteiger partial charge in [0.05, 0.1) is 22.1 Å². The fourth-order valence-corrected chi connectivity index (χ4v) is 3.86. The third kappa shape index (κ3) is 3.46. The van der Waals surface area contributed by atoms with E-state index in [1.807, 2.05) is 48.8 Å². The first-order chi connectivity index (χ1) is 13.5. The molecule has 6 nitrogen and oxygen atoms in total. The molecule has 0 bridgehead atoms. The van der Waals surface area contributed by atoms with E-state index in [9.17, 15) is 4.79 Å². The van der Waals surface area contributed by atoms with Crippen molar-refractivity contribution in [3.8, 4) is 21.8 Å². The van der Waals surface area contributed by atoms with E-state index in [1.54, 1.807) is 29.0 Å². The Morgan fingerprint density at radius 3 is 2.86 bits per heavy atom. The molecule has 0 saturated carbocycles. The van der Waals surface area contributed by atoms with Crippen molar-refractivity contribution in [3.05, 3.63) is 69.9 Å². The molecule has 4 rings (SSSR count). The molecule has 4 aromatic rings. The Bertz CT molecular complexity index is 1130. The van der Waals surface area contributed by atoms with Crippen molar-refractivity contribution >= 4 is 28.8 Å². The van der Waals surface area contributed by atoms with Crippen LogP contribution in [0.2, 0.25) is 5.02 Å². The molecular weight excluding hydrogens is 396 g/mol. The van der Waals surface area contributed by atoms with Crippen LogP contribution in [-0.2, 0) is 13.6 Å². The van der Waals surface area contributed by atoms with Gasteiger partial charge in [-0.1, -0.05) is 41.0 Å². The van der Waals surface area contributed by atoms with Crippen LogP contribution >= 0.6 is 22.9 Å². The topological polar surface area (TPSA) is 73.0 Å². The Hall–Kier alpha value is -2.90. The van der Waals surface area contributed by atoms with E-state index in [-0.39, 0.29) is 5.91 Å². The average Bonchev–Trinajstić information content (AvgIpc) is 3.40. The highest BCUT2D eigenvalue weighted by atomic mass is 35.5. The molecule has 3 heterocycles. The third-order valence-corrected chi connectivity index (χ3v) is 5.62. The minimum Gasteiger partial charge on any atom is -0.360 e. The number of carbonyl (C=O) groups excluding carboxylic acids is 1. The molecule has 0 saturated heterocycles. The lowest BCUT2D eigenvalue weighted by molar-refractivity contribution is 0.0949. The predicted molar refractivity (Wildman–Crippen MR) is 109 cm³/mol. The largest absolute Gasteiger partial charge is 0.360 e. The molecule has 8 heteroatoms. The van der Waals surface area contributed by atoms with Gasteiger partial charge in [0.15, 0.2) is 0 Å². The quantitative estimate of drug-likeness (QED) is 0.515. The van der Waals surface area contributed by atoms with Crippen LogP contribution in [0.3, 0.4) is 0 Å². The second-order valence-corrected chi connectivity index (χ2v) is 7.60. The van der Waals surface area contributed by atoms with Gasteiger partial charge in [-0.2, -0.15) is 5.10 Å². The summed E-state index contributed by atoms with van der Waals surface area (Å²) in [5.41, 5.74) is 3.26. The molecule has 0 aliphatic heterocycles. The minimum absolute atomic E-state index is 0.271. The van der Waals surface area contributed by atoms with Crippen LogP contribution in [0.4, 0.5) is 0 Å². The number of aryl methyl sites for hydroxylation is 2. The van der Waals surface area contributed by atoms with Crippen LogP contribution in [0.25, 0.3) is 21.8 Å². The molecule has 0 aliphatic rings. The first kappa shape index (κ1) is 18.5. The first-order valence-electron chi connectivity index (χ1n) is 8.60. The number of nitrogens with one attached hydrogen (secondary N) is 1. The average molecular weight is 413 g/mol. The lowest BCUT2D eigenvalue weighted by Gasteiger charge is -2.07. The summed E-state index contributed by atoms with van der Waals surface area (Å²) in [6.07, 6.45) is 0. The Morgan fingerprint density at radius 1 is 1.29 bits per heavy atom. The molecule has 142 valence electrons. The van der Waals surface area contributed by atoms with E-state index < -0.39 is 0 Å². The second-order valence-electron chi connectivity index (χ2n) is 6.25. The molecule has 0 spiro atoms. The summed E-state index contributed by atoms with van der Waals surface area (Å²) in [5.74, 6) is 0.171. The van der Waals surface area contributed by atoms with Crippen LogP contribution in [-0.4, -0.2) is 20.8 Å². The number of thiophene rings is 1. The zero-order valence-electron chi connectivity index (χ0n) is 15.3. The number of halogens is 1. The lowest BCUT2D eigenvalue weighted by Crippen LogP contribution is -2.24. The molecule has 0 fully saturated rings. The van der Waals surface area contributed by atoms with E-state index in [1.165, 1.54) is 0 Å². The Labute approximate surface area is 170 Å². The smallest absolute Gasteiger partial charge is 0.257 e. The van der Waals surface area contributed by atoms with Crippen molar-refractivity contribution in [3.63, 3.8) is 0 Å². The first-order valence-corrected chi connectivity index (χ1v) is 9.86. The Balaban J connectivity index is 1.56. The van der Waals surface area contributed by atoms with E-state index >= 15 is 0 Å². The monoisotopic (exact) mass is 412 g/mol. The highest BCUT2D eigenvalue weighted by Gasteiger charge is 2.23. The van der Waals surface area contributed by atoms with Gasteiger partial charge >= 0.3 is 0 Å². The third-order valence-electron chi connectivity index (χ3n) is 4.40. The summed E-state index contributed by atoms with van der Waals surface area (Å²) >= 11 is 7.89. The van der Waals surface area contributed by atoms with E-state index in [4.69, 9.17) is 16.1 Å². The minimum atomic E-state index is -0.271. The highest BCUT2D eigenvalue weighted by Crippen LogP contribution is 2.31. The molecular formula is C20H17ClN4O2S. The van der Waals surface area contributed by atoms with Gasteiger partial charge in [-0.15, -0.1) is 11.3 Å². The number of amides is 1. The molecule has 1 amide bonds. The molecule has 0 atom stereocenters. The van der Waals surface area contributed by atoms with Gasteiger partial charge in [0.25, 0.3) is 5.91 Å². The molecule has 28 heavy (non-hydrogen) atoms. The Kier molecular flexibility index (Phi) is 5.02. The highest BCUT2D eigenvalue weighted by molar-refractivity contribution is 7.13. The number of aromatic nitrogens is 3. The van der Waals surface area contributed by atoms with Crippen LogP contribution in [0.5, 0.6) is 0 Å². The van der Waals surface area contributed by atoms with Crippen molar-refractivity contribution in [2.45, 2.75) is 13.5 Å². The molecule has 3 aromatic heterocycles. The van der Waals surface area contributed by atoms with Crippen molar-refractivity contribution in [2.24, 2.45) is 7.05 Å². The van der Waals surface area contributed by atoms with Crippen LogP contribution in [0, 0.1) is 6.92 Å². The van der Waals surface area contributed by atoms with Gasteiger partial charge in [-0.05, 0) is 30.5 Å². The van der Waals surface area contributed by atoms with E-state index in [0.29, 0.717) is 34.1 Å². The zero-order valence-corrected chi connectivity index (χ0v) is 16.8. The van der Waals surface area contributed by atoms with Gasteiger partial charge in [0.2, 0.25) is 0 Å². The maximum Gasteiger partial charge on any atom is 0.257 e. The molecule has 1 N–H and O–H groups in total. The van der Waals surface area contributed by atoms with Gasteiger partial charge in [-0.25, -0.2) is 0 Å². The van der Waals surface area contributed by atoms with Crippen LogP contribution in [0.15, 0.2) is 52.4 Å². The summed E-state index contributed by atoms with van der Waals surface area (Å²) in [7, 11) is 1.86. The van der Waals surface area contributed by atoms with Crippen molar-refractivity contribution in [1.82, 2.24) is 20.3 Å². The number of nitrogens with zero attached hydrogens (tertiary/aromatic N) is 3. The lowest BCUT2D eigenvalue weighted by atomic mass is 10.1. The number of rotatable bonds is 5. The van der Waals surface area contributed by atoms with E-state index in [2.05, 4.69) is 15.6 Å². The number of carbonyl (C=O) groups is 1. The predicted octanol–water partition coefficient (Wildman–Crippen LogP) is 4.70. The van der Waals surface area contributed by atoms with Gasteiger partial charge in [-0.3, -0.25) is 9.48 Å². The summed E-state index contributed by atoms with van der Waals surface area (Å²) in [6.45, 7) is 2.04. The summed E-state index contributed by atoms with van der Waals surface area (Å²) in [5, 5.41) is 14.0. The summed E-state index contributed by atoms with van der Waals surface area (Å²) < 4.78 is 7.04. The van der Waals surface area contributed by atoms with Crippen LogP contribution < -0.4 is 5.32 Å². The van der Waals surface area contributed by atoms with Gasteiger partial charge in [0.1, 0.15) is 22.7 Å². The van der Waals surface area contributed by atoms with Crippen molar-refractivity contribution in [2.75, 3.05) is 0 Å². The summed E-state index contributed by atoms with van der Waals surface area (Å²) in [4.78, 5) is 14.0. The number of hydrogen-bond acceptors (Lipinski definition) is 5. The van der Waals surface area contributed by atoms with Crippen molar-refractivity contribution in [1.29, 1.82) is 0 Å². The maximum atomic E-state index is 12.9. The Morgan fingerprint density at radius 2 is 2.11 bits per heavy atom. The summed E-state index contributed by atoms with van der Waals surface area (Å²) in [6, 6.07) is 13.2. The van der Waals surface area contributed by atoms with Gasteiger partial charge in [0, 0.05) is 12.6 Å². The molecule has 1 aromatic carbocycles. The number of benzene rings is 1. The fourth-order valence-electron chi connectivity index (χ4n) is 2.95. The molecule has 0 aliphatic carbocycles. The van der Waals surface area contributed by atoms with Gasteiger partial charge < -0.3 is 9.84 Å². The molecule has 0 radical (unpaired) electrons. The second kappa shape index (κ2) is 7.61. The van der Waals surface area contributed by atoms with E-state index in [0.717, 1.165) is 16.3 Å². The van der Waals surface area contributed by atoms with Crippen molar-refractivity contribution < 1.29 is 9.32 Å².